The topological polar surface area (TPSA) is 82.0 Å². The lowest BCUT2D eigenvalue weighted by atomic mass is 10.0. The first kappa shape index (κ1) is 19.7. The Morgan fingerprint density at radius 3 is 2.42 bits per heavy atom. The minimum Gasteiger partial charge on any atom is -0.341 e. The molecule has 0 heterocycles. The predicted molar refractivity (Wildman–Crippen MR) is 94.4 cm³/mol. The van der Waals surface area contributed by atoms with Gasteiger partial charge in [0.2, 0.25) is 5.91 Å². The first-order chi connectivity index (χ1) is 11.5. The number of hydrogen-bond donors (Lipinski definition) is 2. The van der Waals surface area contributed by atoms with E-state index in [1.165, 1.54) is 5.56 Å². The van der Waals surface area contributed by atoms with Gasteiger partial charge >= 0.3 is 0 Å². The Morgan fingerprint density at radius 1 is 1.21 bits per heavy atom. The molecule has 2 N–H and O–H groups in total. The number of carbonyl (C=O) groups is 2. The number of nitrogens with zero attached hydrogens (tertiary/aromatic N) is 1. The van der Waals surface area contributed by atoms with E-state index in [1.54, 1.807) is 12.1 Å². The molecule has 130 valence electrons. The van der Waals surface area contributed by atoms with Crippen LogP contribution in [0.2, 0.25) is 0 Å². The van der Waals surface area contributed by atoms with Crippen molar-refractivity contribution in [2.24, 2.45) is 5.92 Å². The number of nitriles is 1. The third-order valence-electron chi connectivity index (χ3n) is 3.71. The maximum atomic E-state index is 12.4. The SMILES string of the molecule is CCCCc1ccc(C(=O)N[C@@H](CC(C)C)C(=O)NCC#N)cc1. The van der Waals surface area contributed by atoms with E-state index in [-0.39, 0.29) is 24.3 Å². The van der Waals surface area contributed by atoms with Crippen LogP contribution in [-0.4, -0.2) is 24.4 Å². The van der Waals surface area contributed by atoms with Gasteiger partial charge in [0, 0.05) is 5.56 Å². The summed E-state index contributed by atoms with van der Waals surface area (Å²) in [4.78, 5) is 24.5. The van der Waals surface area contributed by atoms with Gasteiger partial charge in [-0.15, -0.1) is 0 Å². The van der Waals surface area contributed by atoms with Crippen molar-refractivity contribution in [3.8, 4) is 6.07 Å². The van der Waals surface area contributed by atoms with Crippen molar-refractivity contribution in [2.75, 3.05) is 6.54 Å². The van der Waals surface area contributed by atoms with Gasteiger partial charge in [-0.05, 0) is 42.9 Å². The molecule has 0 aliphatic carbocycles. The van der Waals surface area contributed by atoms with E-state index in [9.17, 15) is 9.59 Å². The number of nitrogens with one attached hydrogen (secondary N) is 2. The Labute approximate surface area is 144 Å². The maximum absolute atomic E-state index is 12.4. The summed E-state index contributed by atoms with van der Waals surface area (Å²) < 4.78 is 0. The second kappa shape index (κ2) is 10.4. The van der Waals surface area contributed by atoms with E-state index >= 15 is 0 Å². The van der Waals surface area contributed by atoms with Gasteiger partial charge in [0.1, 0.15) is 12.6 Å². The van der Waals surface area contributed by atoms with Crippen LogP contribution in [0.4, 0.5) is 0 Å². The van der Waals surface area contributed by atoms with Crippen LogP contribution in [-0.2, 0) is 11.2 Å². The highest BCUT2D eigenvalue weighted by Gasteiger charge is 2.22. The molecular weight excluding hydrogens is 302 g/mol. The van der Waals surface area contributed by atoms with Crippen LogP contribution in [0.3, 0.4) is 0 Å². The van der Waals surface area contributed by atoms with Crippen molar-refractivity contribution in [1.82, 2.24) is 10.6 Å². The zero-order chi connectivity index (χ0) is 17.9. The second-order valence-corrected chi connectivity index (χ2v) is 6.33. The van der Waals surface area contributed by atoms with E-state index in [1.807, 2.05) is 32.0 Å². The van der Waals surface area contributed by atoms with Gasteiger partial charge in [-0.3, -0.25) is 9.59 Å². The summed E-state index contributed by atoms with van der Waals surface area (Å²) in [5, 5.41) is 13.9. The van der Waals surface area contributed by atoms with Crippen molar-refractivity contribution in [2.45, 2.75) is 52.5 Å². The number of benzene rings is 1. The minimum absolute atomic E-state index is 0.0601. The Hall–Kier alpha value is -2.35. The van der Waals surface area contributed by atoms with Crippen molar-refractivity contribution >= 4 is 11.8 Å². The summed E-state index contributed by atoms with van der Waals surface area (Å²) >= 11 is 0. The van der Waals surface area contributed by atoms with E-state index in [0.29, 0.717) is 12.0 Å². The van der Waals surface area contributed by atoms with Crippen LogP contribution < -0.4 is 10.6 Å². The average Bonchev–Trinajstić information content (AvgIpc) is 2.57. The van der Waals surface area contributed by atoms with E-state index in [0.717, 1.165) is 19.3 Å². The van der Waals surface area contributed by atoms with Crippen molar-refractivity contribution in [1.29, 1.82) is 5.26 Å². The molecular formula is C19H27N3O2. The monoisotopic (exact) mass is 329 g/mol. The molecule has 0 bridgehead atoms. The fourth-order valence-corrected chi connectivity index (χ4v) is 2.40. The fraction of sp³-hybridized carbons (Fsp3) is 0.526. The largest absolute Gasteiger partial charge is 0.341 e. The Balaban J connectivity index is 2.72. The predicted octanol–water partition coefficient (Wildman–Crippen LogP) is 2.81. The van der Waals surface area contributed by atoms with Gasteiger partial charge in [0.05, 0.1) is 6.07 Å². The van der Waals surface area contributed by atoms with Gasteiger partial charge in [-0.1, -0.05) is 39.3 Å². The molecule has 0 spiro atoms. The number of rotatable bonds is 9. The summed E-state index contributed by atoms with van der Waals surface area (Å²) in [6.45, 7) is 6.06. The third kappa shape index (κ3) is 6.82. The standard InChI is InChI=1S/C19H27N3O2/c1-4-5-6-15-7-9-16(10-8-15)18(23)22-17(13-14(2)3)19(24)21-12-11-20/h7-10,14,17H,4-6,12-13H2,1-3H3,(H,21,24)(H,22,23)/t17-/m0/s1. The van der Waals surface area contributed by atoms with Crippen LogP contribution in [0.15, 0.2) is 24.3 Å². The lowest BCUT2D eigenvalue weighted by Gasteiger charge is -2.19. The summed E-state index contributed by atoms with van der Waals surface area (Å²) in [6.07, 6.45) is 3.79. The Kier molecular flexibility index (Phi) is 8.56. The highest BCUT2D eigenvalue weighted by Crippen LogP contribution is 2.10. The van der Waals surface area contributed by atoms with Crippen LogP contribution in [0.25, 0.3) is 0 Å². The molecule has 5 heteroatoms. The van der Waals surface area contributed by atoms with Gasteiger partial charge in [-0.25, -0.2) is 0 Å². The molecule has 1 rings (SSSR count). The highest BCUT2D eigenvalue weighted by molar-refractivity contribution is 5.97. The third-order valence-corrected chi connectivity index (χ3v) is 3.71. The van der Waals surface area contributed by atoms with Crippen LogP contribution >= 0.6 is 0 Å². The first-order valence-electron chi connectivity index (χ1n) is 8.52. The van der Waals surface area contributed by atoms with E-state index in [2.05, 4.69) is 17.6 Å². The molecule has 1 aromatic rings. The molecule has 0 aliphatic heterocycles. The number of hydrogen-bond acceptors (Lipinski definition) is 3. The molecule has 0 saturated heterocycles. The fourth-order valence-electron chi connectivity index (χ4n) is 2.40. The zero-order valence-electron chi connectivity index (χ0n) is 14.8. The molecule has 2 amide bonds. The molecule has 1 aromatic carbocycles. The molecule has 0 aromatic heterocycles. The lowest BCUT2D eigenvalue weighted by molar-refractivity contribution is -0.123. The number of carbonyl (C=O) groups excluding carboxylic acids is 2. The molecule has 0 radical (unpaired) electrons. The molecule has 0 aliphatic rings. The highest BCUT2D eigenvalue weighted by atomic mass is 16.2. The summed E-state index contributed by atoms with van der Waals surface area (Å²) in [5.41, 5.74) is 1.75. The normalized spacial score (nSPS) is 11.6. The molecule has 24 heavy (non-hydrogen) atoms. The van der Waals surface area contributed by atoms with Crippen molar-refractivity contribution in [3.05, 3.63) is 35.4 Å². The van der Waals surface area contributed by atoms with Gasteiger partial charge in [-0.2, -0.15) is 5.26 Å². The van der Waals surface area contributed by atoms with Crippen LogP contribution in [0.1, 0.15) is 56.0 Å². The van der Waals surface area contributed by atoms with Crippen molar-refractivity contribution < 1.29 is 9.59 Å². The quantitative estimate of drug-likeness (QED) is 0.683. The smallest absolute Gasteiger partial charge is 0.251 e. The molecule has 5 nitrogen and oxygen atoms in total. The van der Waals surface area contributed by atoms with Crippen LogP contribution in [0.5, 0.6) is 0 Å². The first-order valence-corrected chi connectivity index (χ1v) is 8.52. The van der Waals surface area contributed by atoms with Gasteiger partial charge in [0.15, 0.2) is 0 Å². The summed E-state index contributed by atoms with van der Waals surface area (Å²) in [7, 11) is 0. The maximum Gasteiger partial charge on any atom is 0.251 e. The van der Waals surface area contributed by atoms with Gasteiger partial charge in [0.25, 0.3) is 5.91 Å². The lowest BCUT2D eigenvalue weighted by Crippen LogP contribution is -2.47. The number of unbranched alkanes of at least 4 members (excludes halogenated alkanes) is 1. The van der Waals surface area contributed by atoms with Crippen molar-refractivity contribution in [3.63, 3.8) is 0 Å². The molecule has 0 fully saturated rings. The van der Waals surface area contributed by atoms with Crippen LogP contribution in [0, 0.1) is 17.2 Å². The zero-order valence-corrected chi connectivity index (χ0v) is 14.8. The number of amides is 2. The number of aryl methyl sites for hydroxylation is 1. The summed E-state index contributed by atoms with van der Waals surface area (Å²) in [6, 6.07) is 8.73. The average molecular weight is 329 g/mol. The summed E-state index contributed by atoms with van der Waals surface area (Å²) in [5.74, 6) is -0.340. The molecule has 1 atom stereocenters. The Morgan fingerprint density at radius 2 is 1.88 bits per heavy atom. The molecule has 0 unspecified atom stereocenters. The minimum atomic E-state index is -0.634. The van der Waals surface area contributed by atoms with Gasteiger partial charge < -0.3 is 10.6 Å². The second-order valence-electron chi connectivity index (χ2n) is 6.33. The van der Waals surface area contributed by atoms with E-state index in [4.69, 9.17) is 5.26 Å². The Bertz CT molecular complexity index is 573. The molecule has 0 saturated carbocycles. The van der Waals surface area contributed by atoms with E-state index < -0.39 is 6.04 Å².